The zero-order valence-corrected chi connectivity index (χ0v) is 12.2. The predicted octanol–water partition coefficient (Wildman–Crippen LogP) is 1.78. The Kier molecular flexibility index (Phi) is 6.28. The topological polar surface area (TPSA) is 72.3 Å². The smallest absolute Gasteiger partial charge is 0.231 e. The number of hydrogen-bond acceptors (Lipinski definition) is 3. The first-order valence-corrected chi connectivity index (χ1v) is 6.79. The fourth-order valence-corrected chi connectivity index (χ4v) is 2.38. The summed E-state index contributed by atoms with van der Waals surface area (Å²) in [7, 11) is 0. The number of rotatable bonds is 7. The van der Waals surface area contributed by atoms with Crippen molar-refractivity contribution in [2.45, 2.75) is 19.9 Å². The minimum Gasteiger partial charge on any atom is -0.369 e. The lowest BCUT2D eigenvalue weighted by molar-refractivity contribution is -0.119. The van der Waals surface area contributed by atoms with E-state index < -0.39 is 0 Å². The number of halogens is 1. The molecule has 1 unspecified atom stereocenters. The molecule has 0 aliphatic rings. The number of benzene rings is 1. The Hall–Kier alpha value is -1.10. The van der Waals surface area contributed by atoms with Crippen molar-refractivity contribution in [3.8, 4) is 0 Å². The number of carbonyl (C=O) groups is 1. The molecule has 0 aliphatic heterocycles. The highest BCUT2D eigenvalue weighted by atomic mass is 35.5. The Morgan fingerprint density at radius 3 is 2.58 bits per heavy atom. The number of nitrogens with two attached hydrogens (primary N) is 2. The summed E-state index contributed by atoms with van der Waals surface area (Å²) in [6.45, 7) is 5.57. The molecule has 4 N–H and O–H groups in total. The van der Waals surface area contributed by atoms with Gasteiger partial charge in [0.05, 0.1) is 6.54 Å². The molecule has 1 aromatic rings. The van der Waals surface area contributed by atoms with Gasteiger partial charge in [0.25, 0.3) is 0 Å². The van der Waals surface area contributed by atoms with Crippen molar-refractivity contribution in [2.75, 3.05) is 19.6 Å². The van der Waals surface area contributed by atoms with Crippen LogP contribution in [-0.4, -0.2) is 30.4 Å². The van der Waals surface area contributed by atoms with E-state index >= 15 is 0 Å². The number of primary amides is 1. The number of nitrogens with zero attached hydrogens (tertiary/aromatic N) is 1. The maximum Gasteiger partial charge on any atom is 0.231 e. The van der Waals surface area contributed by atoms with Crippen LogP contribution in [0.4, 0.5) is 0 Å². The van der Waals surface area contributed by atoms with Gasteiger partial charge in [0.1, 0.15) is 0 Å². The van der Waals surface area contributed by atoms with E-state index in [0.29, 0.717) is 17.5 Å². The van der Waals surface area contributed by atoms with Crippen LogP contribution >= 0.6 is 11.6 Å². The van der Waals surface area contributed by atoms with Crippen LogP contribution in [0.1, 0.15) is 25.5 Å². The number of amides is 1. The Bertz CT molecular complexity index is 423. The van der Waals surface area contributed by atoms with E-state index in [1.54, 1.807) is 0 Å². The van der Waals surface area contributed by atoms with Crippen molar-refractivity contribution in [1.82, 2.24) is 4.90 Å². The van der Waals surface area contributed by atoms with Crippen LogP contribution < -0.4 is 11.5 Å². The Labute approximate surface area is 119 Å². The standard InChI is InChI=1S/C14H22ClN3O/c1-10(2)8-18(9-14(17)19)13(7-16)11-4-3-5-12(15)6-11/h3-6,10,13H,7-9,16H2,1-2H3,(H2,17,19). The molecule has 1 aromatic carbocycles. The molecule has 1 amide bonds. The fraction of sp³-hybridized carbons (Fsp3) is 0.500. The Morgan fingerprint density at radius 1 is 1.42 bits per heavy atom. The highest BCUT2D eigenvalue weighted by molar-refractivity contribution is 6.30. The minimum absolute atomic E-state index is 0.0476. The van der Waals surface area contributed by atoms with Crippen molar-refractivity contribution >= 4 is 17.5 Å². The highest BCUT2D eigenvalue weighted by Gasteiger charge is 2.21. The van der Waals surface area contributed by atoms with Crippen LogP contribution in [0.2, 0.25) is 5.02 Å². The van der Waals surface area contributed by atoms with Crippen molar-refractivity contribution in [1.29, 1.82) is 0 Å². The van der Waals surface area contributed by atoms with Crippen LogP contribution in [0, 0.1) is 5.92 Å². The van der Waals surface area contributed by atoms with Gasteiger partial charge in [-0.2, -0.15) is 0 Å². The summed E-state index contributed by atoms with van der Waals surface area (Å²) in [4.78, 5) is 13.2. The van der Waals surface area contributed by atoms with Gasteiger partial charge in [-0.05, 0) is 23.6 Å². The molecule has 0 bridgehead atoms. The van der Waals surface area contributed by atoms with Gasteiger partial charge in [-0.15, -0.1) is 0 Å². The highest BCUT2D eigenvalue weighted by Crippen LogP contribution is 2.23. The molecule has 106 valence electrons. The molecule has 4 nitrogen and oxygen atoms in total. The normalized spacial score (nSPS) is 12.9. The second-order valence-electron chi connectivity index (χ2n) is 5.10. The molecule has 19 heavy (non-hydrogen) atoms. The molecule has 0 spiro atoms. The lowest BCUT2D eigenvalue weighted by Crippen LogP contribution is -2.41. The zero-order chi connectivity index (χ0) is 14.4. The monoisotopic (exact) mass is 283 g/mol. The molecule has 5 heteroatoms. The molecule has 0 aromatic heterocycles. The van der Waals surface area contributed by atoms with Crippen molar-refractivity contribution < 1.29 is 4.79 Å². The quantitative estimate of drug-likeness (QED) is 0.801. The van der Waals surface area contributed by atoms with Gasteiger partial charge in [0.2, 0.25) is 5.91 Å². The molecule has 1 rings (SSSR count). The average Bonchev–Trinajstić information content (AvgIpc) is 2.28. The molecule has 0 radical (unpaired) electrons. The van der Waals surface area contributed by atoms with E-state index in [4.69, 9.17) is 23.1 Å². The molecular formula is C14H22ClN3O. The van der Waals surface area contributed by atoms with Crippen LogP contribution in [0.3, 0.4) is 0 Å². The first-order chi connectivity index (χ1) is 8.93. The van der Waals surface area contributed by atoms with E-state index in [2.05, 4.69) is 13.8 Å². The molecule has 0 saturated carbocycles. The summed E-state index contributed by atoms with van der Waals surface area (Å²) in [6, 6.07) is 7.51. The summed E-state index contributed by atoms with van der Waals surface area (Å²) < 4.78 is 0. The van der Waals surface area contributed by atoms with E-state index in [1.807, 2.05) is 29.2 Å². The van der Waals surface area contributed by atoms with Crippen LogP contribution in [0.25, 0.3) is 0 Å². The van der Waals surface area contributed by atoms with Crippen LogP contribution in [0.5, 0.6) is 0 Å². The third kappa shape index (κ3) is 5.19. The van der Waals surface area contributed by atoms with Gasteiger partial charge in [-0.25, -0.2) is 0 Å². The van der Waals surface area contributed by atoms with Crippen LogP contribution in [0.15, 0.2) is 24.3 Å². The number of carbonyl (C=O) groups excluding carboxylic acids is 1. The van der Waals surface area contributed by atoms with E-state index in [-0.39, 0.29) is 18.5 Å². The van der Waals surface area contributed by atoms with Gasteiger partial charge in [0.15, 0.2) is 0 Å². The van der Waals surface area contributed by atoms with Gasteiger partial charge in [-0.1, -0.05) is 37.6 Å². The summed E-state index contributed by atoms with van der Waals surface area (Å²) >= 11 is 6.01. The van der Waals surface area contributed by atoms with E-state index in [1.165, 1.54) is 0 Å². The van der Waals surface area contributed by atoms with Crippen molar-refractivity contribution in [3.05, 3.63) is 34.9 Å². The predicted molar refractivity (Wildman–Crippen MR) is 78.9 cm³/mol. The van der Waals surface area contributed by atoms with Gasteiger partial charge in [0, 0.05) is 24.2 Å². The molecule has 0 heterocycles. The van der Waals surface area contributed by atoms with Crippen molar-refractivity contribution in [3.63, 3.8) is 0 Å². The molecule has 0 aliphatic carbocycles. The second kappa shape index (κ2) is 7.48. The first-order valence-electron chi connectivity index (χ1n) is 6.42. The Morgan fingerprint density at radius 2 is 2.11 bits per heavy atom. The first kappa shape index (κ1) is 16.0. The molecular weight excluding hydrogens is 262 g/mol. The third-order valence-electron chi connectivity index (χ3n) is 2.86. The zero-order valence-electron chi connectivity index (χ0n) is 11.5. The lowest BCUT2D eigenvalue weighted by Gasteiger charge is -2.31. The molecule has 1 atom stereocenters. The summed E-state index contributed by atoms with van der Waals surface area (Å²) in [5.74, 6) is 0.0775. The average molecular weight is 284 g/mol. The third-order valence-corrected chi connectivity index (χ3v) is 3.09. The second-order valence-corrected chi connectivity index (χ2v) is 5.53. The molecule has 0 fully saturated rings. The maximum atomic E-state index is 11.2. The maximum absolute atomic E-state index is 11.2. The van der Waals surface area contributed by atoms with Gasteiger partial charge >= 0.3 is 0 Å². The fourth-order valence-electron chi connectivity index (χ4n) is 2.18. The Balaban J connectivity index is 2.97. The summed E-state index contributed by atoms with van der Waals surface area (Å²) in [5.41, 5.74) is 12.2. The summed E-state index contributed by atoms with van der Waals surface area (Å²) in [6.07, 6.45) is 0. The lowest BCUT2D eigenvalue weighted by atomic mass is 10.0. The van der Waals surface area contributed by atoms with Crippen LogP contribution in [-0.2, 0) is 4.79 Å². The SMILES string of the molecule is CC(C)CN(CC(N)=O)C(CN)c1cccc(Cl)c1. The minimum atomic E-state index is -0.346. The van der Waals surface area contributed by atoms with E-state index in [9.17, 15) is 4.79 Å². The van der Waals surface area contributed by atoms with Gasteiger partial charge < -0.3 is 11.5 Å². The molecule has 0 saturated heterocycles. The summed E-state index contributed by atoms with van der Waals surface area (Å²) in [5, 5.41) is 0.666. The number of hydrogen-bond donors (Lipinski definition) is 2. The van der Waals surface area contributed by atoms with E-state index in [0.717, 1.165) is 12.1 Å². The largest absolute Gasteiger partial charge is 0.369 e. The van der Waals surface area contributed by atoms with Gasteiger partial charge in [-0.3, -0.25) is 9.69 Å². The van der Waals surface area contributed by atoms with Crippen molar-refractivity contribution in [2.24, 2.45) is 17.4 Å².